The third kappa shape index (κ3) is 3.37. The minimum absolute atomic E-state index is 0.108. The summed E-state index contributed by atoms with van der Waals surface area (Å²) in [6, 6.07) is 11.2. The molecule has 1 aliphatic heterocycles. The van der Waals surface area contributed by atoms with Gasteiger partial charge < -0.3 is 16.0 Å². The number of halogens is 2. The van der Waals surface area contributed by atoms with Crippen molar-refractivity contribution in [2.45, 2.75) is 6.04 Å². The van der Waals surface area contributed by atoms with Gasteiger partial charge in [0.25, 0.3) is 0 Å². The van der Waals surface area contributed by atoms with Crippen molar-refractivity contribution >= 4 is 44.3 Å². The predicted molar refractivity (Wildman–Crippen MR) is 115 cm³/mol. The Morgan fingerprint density at radius 3 is 2.80 bits per heavy atom. The molecule has 0 saturated carbocycles. The third-order valence-corrected chi connectivity index (χ3v) is 5.58. The fraction of sp³-hybridized carbons (Fsp3) is 0.200. The predicted octanol–water partition coefficient (Wildman–Crippen LogP) is 2.35. The maximum absolute atomic E-state index is 13.3. The van der Waals surface area contributed by atoms with Crippen molar-refractivity contribution < 1.29 is 9.18 Å². The number of anilines is 1. The van der Waals surface area contributed by atoms with E-state index in [1.165, 1.54) is 12.1 Å². The average Bonchev–Trinajstić information content (AvgIpc) is 3.08. The molecule has 0 bridgehead atoms. The molecule has 3 heterocycles. The van der Waals surface area contributed by atoms with Gasteiger partial charge in [0.05, 0.1) is 10.9 Å². The molecule has 1 atom stereocenters. The Labute approximate surface area is 179 Å². The first kappa shape index (κ1) is 18.9. The van der Waals surface area contributed by atoms with Crippen LogP contribution in [-0.2, 0) is 4.79 Å². The fourth-order valence-corrected chi connectivity index (χ4v) is 3.97. The van der Waals surface area contributed by atoms with E-state index in [9.17, 15) is 9.18 Å². The van der Waals surface area contributed by atoms with Gasteiger partial charge in [0.2, 0.25) is 11.9 Å². The summed E-state index contributed by atoms with van der Waals surface area (Å²) < 4.78 is 15.8. The van der Waals surface area contributed by atoms with Gasteiger partial charge in [0, 0.05) is 29.7 Å². The Hall–Kier alpha value is -3.11. The molecule has 1 saturated heterocycles. The van der Waals surface area contributed by atoms with Crippen molar-refractivity contribution in [3.8, 4) is 11.4 Å². The molecule has 1 aliphatic rings. The molecule has 1 fully saturated rings. The second-order valence-corrected chi connectivity index (χ2v) is 7.79. The molecule has 2 aromatic carbocycles. The van der Waals surface area contributed by atoms with Crippen molar-refractivity contribution in [1.82, 2.24) is 30.2 Å². The van der Waals surface area contributed by atoms with Crippen LogP contribution in [0.4, 0.5) is 10.3 Å². The Kier molecular flexibility index (Phi) is 4.80. The van der Waals surface area contributed by atoms with Gasteiger partial charge >= 0.3 is 0 Å². The molecule has 4 aromatic rings. The first-order valence-corrected chi connectivity index (χ1v) is 10.3. The zero-order valence-corrected chi connectivity index (χ0v) is 17.3. The number of nitrogens with one attached hydrogen (secondary N) is 3. The highest BCUT2D eigenvalue weighted by atomic mass is 79.9. The van der Waals surface area contributed by atoms with Crippen LogP contribution in [0, 0.1) is 5.82 Å². The lowest BCUT2D eigenvalue weighted by Crippen LogP contribution is -2.42. The van der Waals surface area contributed by atoms with Crippen LogP contribution in [0.15, 0.2) is 46.9 Å². The summed E-state index contributed by atoms with van der Waals surface area (Å²) in [6.45, 7) is 1.74. The van der Waals surface area contributed by atoms with Crippen LogP contribution in [-0.4, -0.2) is 51.2 Å². The summed E-state index contributed by atoms with van der Waals surface area (Å²) in [4.78, 5) is 21.8. The number of hydrogen-bond acceptors (Lipinski definition) is 6. The van der Waals surface area contributed by atoms with E-state index in [1.54, 1.807) is 16.6 Å². The molecule has 1 amide bonds. The maximum Gasteiger partial charge on any atom is 0.243 e. The van der Waals surface area contributed by atoms with Crippen molar-refractivity contribution in [2.75, 3.05) is 25.0 Å². The molecular weight excluding hydrogens is 453 g/mol. The van der Waals surface area contributed by atoms with Crippen LogP contribution in [0.1, 0.15) is 0 Å². The summed E-state index contributed by atoms with van der Waals surface area (Å²) in [5.74, 6) is 0.404. The molecule has 30 heavy (non-hydrogen) atoms. The molecule has 10 heteroatoms. The van der Waals surface area contributed by atoms with Gasteiger partial charge in [-0.3, -0.25) is 4.79 Å². The summed E-state index contributed by atoms with van der Waals surface area (Å²) in [6.07, 6.45) is 0. The molecule has 152 valence electrons. The Bertz CT molecular complexity index is 1260. The Balaban J connectivity index is 1.68. The lowest BCUT2D eigenvalue weighted by molar-refractivity contribution is -0.121. The minimum atomic E-state index is -0.508. The van der Waals surface area contributed by atoms with Crippen molar-refractivity contribution in [3.05, 3.63) is 52.8 Å². The lowest BCUT2D eigenvalue weighted by atomic mass is 10.2. The van der Waals surface area contributed by atoms with E-state index >= 15 is 0 Å². The van der Waals surface area contributed by atoms with Gasteiger partial charge in [-0.1, -0.05) is 6.07 Å². The second-order valence-electron chi connectivity index (χ2n) is 6.94. The fourth-order valence-electron chi connectivity index (χ4n) is 3.43. The Morgan fingerprint density at radius 2 is 1.97 bits per heavy atom. The molecule has 8 nitrogen and oxygen atoms in total. The van der Waals surface area contributed by atoms with E-state index in [1.807, 2.05) is 18.2 Å². The minimum Gasteiger partial charge on any atom is -0.353 e. The topological polar surface area (TPSA) is 96.2 Å². The number of nitrogens with zero attached hydrogens (tertiary/aromatic N) is 4. The van der Waals surface area contributed by atoms with E-state index in [2.05, 4.69) is 37.0 Å². The summed E-state index contributed by atoms with van der Waals surface area (Å²) in [7, 11) is 0. The molecule has 0 spiro atoms. The van der Waals surface area contributed by atoms with Crippen LogP contribution in [0.25, 0.3) is 27.9 Å². The number of fused-ring (bicyclic) bond motifs is 3. The largest absolute Gasteiger partial charge is 0.353 e. The van der Waals surface area contributed by atoms with Gasteiger partial charge in [-0.15, -0.1) is 5.10 Å². The zero-order chi connectivity index (χ0) is 20.7. The van der Waals surface area contributed by atoms with Crippen molar-refractivity contribution in [2.24, 2.45) is 0 Å². The first-order valence-electron chi connectivity index (χ1n) is 9.46. The normalized spacial score (nSPS) is 17.1. The van der Waals surface area contributed by atoms with Gasteiger partial charge in [-0.25, -0.2) is 14.4 Å². The molecular formula is C20H17BrFN7O. The monoisotopic (exact) mass is 469 g/mol. The molecule has 5 rings (SSSR count). The van der Waals surface area contributed by atoms with E-state index in [-0.39, 0.29) is 11.7 Å². The standard InChI is InChI=1S/C20H17BrFN7O/c21-13-2-1-3-14-16(13)18-27-17(11-4-6-12(22)7-5-11)28-29(18)20(25-14)26-15-10-23-8-9-24-19(15)30/h1-7,15,23H,8-10H2,(H,24,30)(H,25,26). The summed E-state index contributed by atoms with van der Waals surface area (Å²) >= 11 is 3.57. The number of carbonyl (C=O) groups is 1. The SMILES string of the molecule is O=C1NCCNCC1Nc1nc2cccc(Br)c2c2nc(-c3ccc(F)cc3)nn12. The van der Waals surface area contributed by atoms with Crippen LogP contribution in [0.3, 0.4) is 0 Å². The smallest absolute Gasteiger partial charge is 0.243 e. The number of aromatic nitrogens is 4. The third-order valence-electron chi connectivity index (χ3n) is 4.92. The zero-order valence-electron chi connectivity index (χ0n) is 15.7. The lowest BCUT2D eigenvalue weighted by Gasteiger charge is -2.16. The number of benzene rings is 2. The highest BCUT2D eigenvalue weighted by Crippen LogP contribution is 2.29. The first-order chi connectivity index (χ1) is 14.6. The maximum atomic E-state index is 13.3. The summed E-state index contributed by atoms with van der Waals surface area (Å²) in [5, 5.41) is 14.7. The van der Waals surface area contributed by atoms with Gasteiger partial charge in [0.1, 0.15) is 11.9 Å². The van der Waals surface area contributed by atoms with E-state index in [4.69, 9.17) is 9.97 Å². The van der Waals surface area contributed by atoms with Crippen LogP contribution in [0.5, 0.6) is 0 Å². The molecule has 0 aliphatic carbocycles. The van der Waals surface area contributed by atoms with Gasteiger partial charge in [-0.05, 0) is 52.3 Å². The molecule has 1 unspecified atom stereocenters. The van der Waals surface area contributed by atoms with Gasteiger partial charge in [-0.2, -0.15) is 4.52 Å². The van der Waals surface area contributed by atoms with E-state index in [0.29, 0.717) is 48.1 Å². The number of amides is 1. The molecule has 0 radical (unpaired) electrons. The second kappa shape index (κ2) is 7.62. The van der Waals surface area contributed by atoms with E-state index in [0.717, 1.165) is 9.86 Å². The summed E-state index contributed by atoms with van der Waals surface area (Å²) in [5.41, 5.74) is 1.97. The van der Waals surface area contributed by atoms with Crippen molar-refractivity contribution in [3.63, 3.8) is 0 Å². The molecule has 2 aromatic heterocycles. The molecule has 3 N–H and O–H groups in total. The average molecular weight is 470 g/mol. The van der Waals surface area contributed by atoms with Crippen LogP contribution >= 0.6 is 15.9 Å². The number of carbonyl (C=O) groups excluding carboxylic acids is 1. The Morgan fingerprint density at radius 1 is 1.13 bits per heavy atom. The van der Waals surface area contributed by atoms with Crippen LogP contribution < -0.4 is 16.0 Å². The van der Waals surface area contributed by atoms with Gasteiger partial charge in [0.15, 0.2) is 11.5 Å². The van der Waals surface area contributed by atoms with E-state index < -0.39 is 6.04 Å². The van der Waals surface area contributed by atoms with Crippen LogP contribution in [0.2, 0.25) is 0 Å². The quantitative estimate of drug-likeness (QED) is 0.426. The van der Waals surface area contributed by atoms with Crippen molar-refractivity contribution in [1.29, 1.82) is 0 Å². The highest BCUT2D eigenvalue weighted by molar-refractivity contribution is 9.10. The highest BCUT2D eigenvalue weighted by Gasteiger charge is 2.23. The number of rotatable bonds is 3. The number of hydrogen-bond donors (Lipinski definition) is 3.